The Morgan fingerprint density at radius 3 is 2.24 bits per heavy atom. The van der Waals surface area contributed by atoms with Crippen molar-refractivity contribution in [1.82, 2.24) is 4.57 Å². The van der Waals surface area contributed by atoms with Crippen LogP contribution >= 0.6 is 0 Å². The average molecular weight is 223 g/mol. The van der Waals surface area contributed by atoms with Gasteiger partial charge in [0.25, 0.3) is 0 Å². The van der Waals surface area contributed by atoms with Gasteiger partial charge in [-0.25, -0.2) is 9.13 Å². The smallest absolute Gasteiger partial charge is 0.236 e. The van der Waals surface area contributed by atoms with Crippen LogP contribution in [-0.2, 0) is 13.1 Å². The predicted octanol–water partition coefficient (Wildman–Crippen LogP) is 1.59. The second-order valence-corrected chi connectivity index (χ2v) is 4.34. The van der Waals surface area contributed by atoms with Crippen LogP contribution < -0.4 is 4.57 Å². The van der Waals surface area contributed by atoms with Gasteiger partial charge in [0, 0.05) is 11.8 Å². The maximum atomic E-state index is 2.21. The van der Waals surface area contributed by atoms with E-state index in [4.69, 9.17) is 0 Å². The van der Waals surface area contributed by atoms with Crippen LogP contribution in [0.1, 0.15) is 0 Å². The molecule has 0 aromatic carbocycles. The summed E-state index contributed by atoms with van der Waals surface area (Å²) in [5.41, 5.74) is 0. The molecule has 2 heteroatoms. The molecule has 1 aromatic rings. The van der Waals surface area contributed by atoms with Gasteiger partial charge in [-0.3, -0.25) is 0 Å². The highest BCUT2D eigenvalue weighted by Crippen LogP contribution is 2.24. The van der Waals surface area contributed by atoms with E-state index in [1.807, 2.05) is 0 Å². The fourth-order valence-corrected chi connectivity index (χ4v) is 2.09. The topological polar surface area (TPSA) is 8.81 Å². The van der Waals surface area contributed by atoms with Crippen LogP contribution in [0, 0.1) is 63.2 Å². The maximum absolute atomic E-state index is 2.21. The Kier molecular flexibility index (Phi) is 3.49. The van der Waals surface area contributed by atoms with Gasteiger partial charge >= 0.3 is 0 Å². The van der Waals surface area contributed by atoms with Crippen LogP contribution in [0.2, 0.25) is 0 Å². The zero-order chi connectivity index (χ0) is 11.5. The summed E-state index contributed by atoms with van der Waals surface area (Å²) in [7, 11) is 0. The molecule has 0 spiro atoms. The van der Waals surface area contributed by atoms with Crippen LogP contribution in [0.15, 0.2) is 18.7 Å². The summed E-state index contributed by atoms with van der Waals surface area (Å²) in [6.45, 7) is 1.89. The van der Waals surface area contributed by atoms with Gasteiger partial charge in [0.2, 0.25) is 6.33 Å². The first kappa shape index (κ1) is 11.3. The average Bonchev–Trinajstić information content (AvgIpc) is 3.02. The first-order valence-electron chi connectivity index (χ1n) is 5.86. The van der Waals surface area contributed by atoms with Crippen molar-refractivity contribution in [3.8, 4) is 0 Å². The zero-order valence-corrected chi connectivity index (χ0v) is 9.66. The molecular weight excluding hydrogens is 208 g/mol. The summed E-state index contributed by atoms with van der Waals surface area (Å²) in [5.74, 6) is 2.70. The first-order valence-corrected chi connectivity index (χ1v) is 5.86. The molecule has 84 valence electrons. The number of aromatic nitrogens is 2. The molecule has 2 aliphatic rings. The van der Waals surface area contributed by atoms with E-state index in [0.29, 0.717) is 0 Å². The van der Waals surface area contributed by atoms with E-state index in [0.717, 1.165) is 13.1 Å². The van der Waals surface area contributed by atoms with Crippen molar-refractivity contribution >= 4 is 0 Å². The third kappa shape index (κ3) is 2.91. The Labute approximate surface area is 105 Å². The first-order chi connectivity index (χ1) is 8.40. The van der Waals surface area contributed by atoms with Gasteiger partial charge in [-0.1, -0.05) is 0 Å². The third-order valence-electron chi connectivity index (χ3n) is 2.94. The quantitative estimate of drug-likeness (QED) is 0.685. The molecule has 2 aliphatic carbocycles. The fourth-order valence-electron chi connectivity index (χ4n) is 2.09. The monoisotopic (exact) mass is 223 g/mol. The SMILES string of the molecule is [CH]1[CH][CH][C](Cn2cc[n+](C[C]3[CH][CH][CH][CH]3)c2)[CH]1. The number of nitrogens with zero attached hydrogens (tertiary/aromatic N) is 2. The summed E-state index contributed by atoms with van der Waals surface area (Å²) in [5, 5.41) is 0. The van der Waals surface area contributed by atoms with Gasteiger partial charge in [0.1, 0.15) is 12.4 Å². The molecule has 0 atom stereocenters. The normalized spacial score (nSPS) is 22.6. The summed E-state index contributed by atoms with van der Waals surface area (Å²) in [6.07, 6.45) is 23.3. The molecule has 0 aliphatic heterocycles. The lowest BCUT2D eigenvalue weighted by atomic mass is 10.1. The largest absolute Gasteiger partial charge is 0.243 e. The van der Waals surface area contributed by atoms with Gasteiger partial charge in [0.05, 0.1) is 13.1 Å². The molecule has 1 aromatic heterocycles. The van der Waals surface area contributed by atoms with Crippen molar-refractivity contribution in [2.24, 2.45) is 0 Å². The summed E-state index contributed by atoms with van der Waals surface area (Å²) < 4.78 is 4.41. The molecule has 10 radical (unpaired) electrons. The number of rotatable bonds is 4. The molecule has 0 amide bonds. The van der Waals surface area contributed by atoms with E-state index in [9.17, 15) is 0 Å². The van der Waals surface area contributed by atoms with Crippen molar-refractivity contribution in [1.29, 1.82) is 0 Å². The van der Waals surface area contributed by atoms with Gasteiger partial charge in [0.15, 0.2) is 0 Å². The summed E-state index contributed by atoms with van der Waals surface area (Å²) in [6, 6.07) is 0. The lowest BCUT2D eigenvalue weighted by Crippen LogP contribution is -2.34. The van der Waals surface area contributed by atoms with E-state index in [-0.39, 0.29) is 0 Å². The number of hydrogen-bond acceptors (Lipinski definition) is 0. The third-order valence-corrected chi connectivity index (χ3v) is 2.94. The predicted molar refractivity (Wildman–Crippen MR) is 65.5 cm³/mol. The highest BCUT2D eigenvalue weighted by molar-refractivity contribution is 5.35. The van der Waals surface area contributed by atoms with E-state index >= 15 is 0 Å². The van der Waals surface area contributed by atoms with Crippen molar-refractivity contribution in [2.45, 2.75) is 13.1 Å². The van der Waals surface area contributed by atoms with Crippen molar-refractivity contribution in [3.05, 3.63) is 81.9 Å². The van der Waals surface area contributed by atoms with Crippen molar-refractivity contribution in [2.75, 3.05) is 0 Å². The molecule has 1 heterocycles. The minimum absolute atomic E-state index is 0.945. The van der Waals surface area contributed by atoms with E-state index in [1.54, 1.807) is 0 Å². The number of hydrogen-bond donors (Lipinski definition) is 0. The van der Waals surface area contributed by atoms with Crippen LogP contribution in [0.4, 0.5) is 0 Å². The highest BCUT2D eigenvalue weighted by atomic mass is 15.1. The van der Waals surface area contributed by atoms with Crippen molar-refractivity contribution < 1.29 is 4.57 Å². The number of imidazole rings is 1. The standard InChI is InChI=1S/C15H15N2/c1-2-6-14(5-1)11-16-9-10-17(13-16)12-15-7-3-4-8-15/h1-10,13H,11-12H2/q+1. The Bertz CT molecular complexity index is 311. The van der Waals surface area contributed by atoms with Crippen LogP contribution in [0.5, 0.6) is 0 Å². The van der Waals surface area contributed by atoms with Gasteiger partial charge in [-0.2, -0.15) is 0 Å². The summed E-state index contributed by atoms with van der Waals surface area (Å²) >= 11 is 0. The van der Waals surface area contributed by atoms with E-state index in [1.165, 1.54) is 11.8 Å². The lowest BCUT2D eigenvalue weighted by Gasteiger charge is -2.04. The second-order valence-electron chi connectivity index (χ2n) is 4.34. The minimum atomic E-state index is 0.945. The Morgan fingerprint density at radius 1 is 0.882 bits per heavy atom. The minimum Gasteiger partial charge on any atom is -0.236 e. The van der Waals surface area contributed by atoms with Crippen molar-refractivity contribution in [3.63, 3.8) is 0 Å². The molecule has 2 saturated carbocycles. The molecule has 0 bridgehead atoms. The highest BCUT2D eigenvalue weighted by Gasteiger charge is 2.22. The Morgan fingerprint density at radius 2 is 1.53 bits per heavy atom. The van der Waals surface area contributed by atoms with Gasteiger partial charge < -0.3 is 0 Å². The molecule has 2 nitrogen and oxygen atoms in total. The maximum Gasteiger partial charge on any atom is 0.243 e. The van der Waals surface area contributed by atoms with E-state index in [2.05, 4.69) is 79.2 Å². The molecule has 0 unspecified atom stereocenters. The molecule has 0 saturated heterocycles. The van der Waals surface area contributed by atoms with Crippen LogP contribution in [-0.4, -0.2) is 4.57 Å². The van der Waals surface area contributed by atoms with Crippen LogP contribution in [0.3, 0.4) is 0 Å². The molecular formula is C15H15N2+. The second kappa shape index (κ2) is 5.24. The van der Waals surface area contributed by atoms with E-state index < -0.39 is 0 Å². The zero-order valence-electron chi connectivity index (χ0n) is 9.66. The molecule has 0 N–H and O–H groups in total. The van der Waals surface area contributed by atoms with Gasteiger partial charge in [-0.15, -0.1) is 0 Å². The van der Waals surface area contributed by atoms with Gasteiger partial charge in [-0.05, 0) is 51.4 Å². The Hall–Kier alpha value is -0.790. The molecule has 3 rings (SSSR count). The lowest BCUT2D eigenvalue weighted by molar-refractivity contribution is -0.691. The van der Waals surface area contributed by atoms with Crippen LogP contribution in [0.25, 0.3) is 0 Å². The summed E-state index contributed by atoms with van der Waals surface area (Å²) in [4.78, 5) is 0. The Balaban J connectivity index is 1.54. The molecule has 17 heavy (non-hydrogen) atoms. The fraction of sp³-hybridized carbons (Fsp3) is 0.133. The molecule has 2 fully saturated rings.